The molecule has 0 saturated carbocycles. The fourth-order valence-electron chi connectivity index (χ4n) is 1.87. The minimum atomic E-state index is -0.827. The second-order valence-corrected chi connectivity index (χ2v) is 7.71. The van der Waals surface area contributed by atoms with Crippen molar-refractivity contribution in [2.75, 3.05) is 16.8 Å². The number of anilines is 1. The quantitative estimate of drug-likeness (QED) is 0.418. The Balaban J connectivity index is 3.03. The molecule has 1 aromatic carbocycles. The van der Waals surface area contributed by atoms with Gasteiger partial charge in [-0.15, -0.1) is 0 Å². The maximum absolute atomic E-state index is 11.6. The first-order chi connectivity index (χ1) is 10.4. The lowest BCUT2D eigenvalue weighted by Gasteiger charge is -2.37. The molecule has 7 heteroatoms. The maximum atomic E-state index is 11.6. The van der Waals surface area contributed by atoms with E-state index < -0.39 is 5.66 Å². The minimum absolute atomic E-state index is 0.128. The van der Waals surface area contributed by atoms with Crippen LogP contribution in [-0.2, 0) is 4.79 Å². The molecule has 0 spiro atoms. The molecule has 0 heterocycles. The summed E-state index contributed by atoms with van der Waals surface area (Å²) in [5.41, 5.74) is 0.0800. The molecule has 1 unspecified atom stereocenters. The second-order valence-electron chi connectivity index (χ2n) is 4.70. The number of rotatable bonds is 8. The Kier molecular flexibility index (Phi) is 8.06. The van der Waals surface area contributed by atoms with Crippen LogP contribution in [0.2, 0.25) is 0 Å². The summed E-state index contributed by atoms with van der Waals surface area (Å²) in [7, 11) is 0. The van der Waals surface area contributed by atoms with E-state index in [-0.39, 0.29) is 5.91 Å². The van der Waals surface area contributed by atoms with Gasteiger partial charge in [0.05, 0.1) is 0 Å². The average molecular weight is 358 g/mol. The Morgan fingerprint density at radius 3 is 2.23 bits per heavy atom. The number of para-hydroxylation sites is 1. The predicted molar refractivity (Wildman–Crippen MR) is 103 cm³/mol. The highest BCUT2D eigenvalue weighted by Crippen LogP contribution is 2.28. The summed E-state index contributed by atoms with van der Waals surface area (Å²) < 4.78 is 2.00. The fourth-order valence-corrected chi connectivity index (χ4v) is 4.29. The van der Waals surface area contributed by atoms with Crippen molar-refractivity contribution in [2.24, 2.45) is 0 Å². The number of amides is 1. The largest absolute Gasteiger partial charge is 0.357 e. The molecule has 0 aliphatic rings. The fraction of sp³-hybridized carbons (Fsp3) is 0.467. The number of nitrogens with zero attached hydrogens (tertiary/aromatic N) is 1. The molecule has 0 aliphatic carbocycles. The van der Waals surface area contributed by atoms with Crippen molar-refractivity contribution >= 4 is 52.7 Å². The monoisotopic (exact) mass is 357 g/mol. The number of benzene rings is 1. The highest BCUT2D eigenvalue weighted by molar-refractivity contribution is 8.13. The Morgan fingerprint density at radius 2 is 1.77 bits per heavy atom. The third kappa shape index (κ3) is 5.70. The lowest BCUT2D eigenvalue weighted by molar-refractivity contribution is -0.119. The van der Waals surface area contributed by atoms with Crippen molar-refractivity contribution in [1.29, 1.82) is 0 Å². The van der Waals surface area contributed by atoms with Gasteiger partial charge in [-0.3, -0.25) is 4.79 Å². The van der Waals surface area contributed by atoms with E-state index in [4.69, 9.17) is 12.2 Å². The minimum Gasteiger partial charge on any atom is -0.357 e. The normalized spacial score (nSPS) is 13.1. The smallest absolute Gasteiger partial charge is 0.218 e. The second kappa shape index (κ2) is 9.27. The molecule has 0 bridgehead atoms. The summed E-state index contributed by atoms with van der Waals surface area (Å²) in [5.74, 6) is 1.69. The van der Waals surface area contributed by atoms with Gasteiger partial charge in [0.25, 0.3) is 0 Å². The molecule has 0 aromatic heterocycles. The number of hydrogen-bond acceptors (Lipinski definition) is 5. The van der Waals surface area contributed by atoms with Crippen molar-refractivity contribution in [2.45, 2.75) is 33.4 Å². The van der Waals surface area contributed by atoms with Crippen LogP contribution in [0.25, 0.3) is 0 Å². The standard InChI is InChI=1S/C15H23N3OS3/c1-5-21-18(22-6-2)14(20)15(4,16-12(3)19)17-13-10-8-7-9-11-13/h7-11,17H,5-6H2,1-4H3,(H,16,19). The van der Waals surface area contributed by atoms with Crippen LogP contribution < -0.4 is 10.6 Å². The summed E-state index contributed by atoms with van der Waals surface area (Å²) >= 11 is 8.94. The SMILES string of the molecule is CCSN(SCC)C(=S)C(C)(NC(C)=O)Nc1ccccc1. The van der Waals surface area contributed by atoms with Gasteiger partial charge in [-0.1, -0.05) is 44.3 Å². The van der Waals surface area contributed by atoms with Crippen LogP contribution in [-0.4, -0.2) is 31.8 Å². The Hall–Kier alpha value is -0.920. The average Bonchev–Trinajstić information content (AvgIpc) is 2.46. The van der Waals surface area contributed by atoms with Gasteiger partial charge in [-0.2, -0.15) is 0 Å². The van der Waals surface area contributed by atoms with E-state index in [1.165, 1.54) is 6.92 Å². The van der Waals surface area contributed by atoms with Crippen molar-refractivity contribution in [3.63, 3.8) is 0 Å². The molecule has 22 heavy (non-hydrogen) atoms. The van der Waals surface area contributed by atoms with Gasteiger partial charge >= 0.3 is 0 Å². The van der Waals surface area contributed by atoms with Gasteiger partial charge in [0.2, 0.25) is 5.91 Å². The van der Waals surface area contributed by atoms with Crippen molar-refractivity contribution in [1.82, 2.24) is 9.03 Å². The third-order valence-electron chi connectivity index (χ3n) is 2.68. The molecule has 2 N–H and O–H groups in total. The van der Waals surface area contributed by atoms with E-state index in [1.54, 1.807) is 23.9 Å². The number of nitrogens with one attached hydrogen (secondary N) is 2. The first kappa shape index (κ1) is 19.1. The van der Waals surface area contributed by atoms with Gasteiger partial charge < -0.3 is 10.6 Å². The molecule has 4 nitrogen and oxygen atoms in total. The topological polar surface area (TPSA) is 44.4 Å². The Labute approximate surface area is 147 Å². The number of carbonyl (C=O) groups is 1. The van der Waals surface area contributed by atoms with Crippen LogP contribution in [0, 0.1) is 0 Å². The predicted octanol–water partition coefficient (Wildman–Crippen LogP) is 3.92. The van der Waals surface area contributed by atoms with Crippen LogP contribution in [0.3, 0.4) is 0 Å². The van der Waals surface area contributed by atoms with E-state index in [0.717, 1.165) is 17.2 Å². The van der Waals surface area contributed by atoms with E-state index in [2.05, 4.69) is 24.5 Å². The number of carbonyl (C=O) groups excluding carboxylic acids is 1. The highest BCUT2D eigenvalue weighted by atomic mass is 32.2. The van der Waals surface area contributed by atoms with Gasteiger partial charge in [0.15, 0.2) is 5.66 Å². The highest BCUT2D eigenvalue weighted by Gasteiger charge is 2.34. The lowest BCUT2D eigenvalue weighted by atomic mass is 10.1. The first-order valence-electron chi connectivity index (χ1n) is 7.15. The van der Waals surface area contributed by atoms with Gasteiger partial charge in [-0.05, 0) is 43.0 Å². The molecule has 1 rings (SSSR count). The van der Waals surface area contributed by atoms with Crippen LogP contribution in [0.4, 0.5) is 5.69 Å². The molecule has 0 radical (unpaired) electrons. The van der Waals surface area contributed by atoms with Gasteiger partial charge in [0, 0.05) is 24.1 Å². The zero-order valence-electron chi connectivity index (χ0n) is 13.4. The molecular weight excluding hydrogens is 334 g/mol. The van der Waals surface area contributed by atoms with Crippen LogP contribution in [0.5, 0.6) is 0 Å². The van der Waals surface area contributed by atoms with E-state index in [0.29, 0.717) is 4.99 Å². The van der Waals surface area contributed by atoms with Crippen LogP contribution in [0.15, 0.2) is 30.3 Å². The molecule has 0 saturated heterocycles. The zero-order chi connectivity index (χ0) is 16.6. The summed E-state index contributed by atoms with van der Waals surface area (Å²) in [6, 6.07) is 9.74. The molecule has 1 amide bonds. The summed E-state index contributed by atoms with van der Waals surface area (Å²) in [6.07, 6.45) is 0. The van der Waals surface area contributed by atoms with E-state index in [9.17, 15) is 4.79 Å². The van der Waals surface area contributed by atoms with E-state index >= 15 is 0 Å². The molecule has 122 valence electrons. The number of hydrogen-bond donors (Lipinski definition) is 2. The molecule has 1 aromatic rings. The lowest BCUT2D eigenvalue weighted by Crippen LogP contribution is -2.59. The van der Waals surface area contributed by atoms with Gasteiger partial charge in [-0.25, -0.2) is 3.71 Å². The molecular formula is C15H23N3OS3. The zero-order valence-corrected chi connectivity index (χ0v) is 15.8. The maximum Gasteiger partial charge on any atom is 0.218 e. The number of thiocarbonyl (C=S) groups is 1. The summed E-state index contributed by atoms with van der Waals surface area (Å²) in [4.78, 5) is 12.3. The Bertz CT molecular complexity index is 492. The molecule has 1 atom stereocenters. The van der Waals surface area contributed by atoms with Crippen molar-refractivity contribution in [3.8, 4) is 0 Å². The van der Waals surface area contributed by atoms with Crippen LogP contribution >= 0.6 is 36.1 Å². The summed E-state index contributed by atoms with van der Waals surface area (Å²) in [5, 5.41) is 6.28. The van der Waals surface area contributed by atoms with Gasteiger partial charge in [0.1, 0.15) is 4.99 Å². The first-order valence-corrected chi connectivity index (χ1v) is 9.44. The van der Waals surface area contributed by atoms with Crippen LogP contribution in [0.1, 0.15) is 27.7 Å². The molecule has 0 fully saturated rings. The van der Waals surface area contributed by atoms with Crippen molar-refractivity contribution < 1.29 is 4.79 Å². The van der Waals surface area contributed by atoms with Crippen molar-refractivity contribution in [3.05, 3.63) is 30.3 Å². The third-order valence-corrected chi connectivity index (χ3v) is 5.49. The molecule has 0 aliphatic heterocycles. The Morgan fingerprint density at radius 1 is 1.23 bits per heavy atom. The summed E-state index contributed by atoms with van der Waals surface area (Å²) in [6.45, 7) is 7.55. The van der Waals surface area contributed by atoms with E-state index in [1.807, 2.05) is 41.0 Å².